The molecule has 0 bridgehead atoms. The highest BCUT2D eigenvalue weighted by Gasteiger charge is 2.19. The van der Waals surface area contributed by atoms with Gasteiger partial charge in [-0.25, -0.2) is 0 Å². The van der Waals surface area contributed by atoms with Crippen LogP contribution in [0.2, 0.25) is 0 Å². The van der Waals surface area contributed by atoms with Crippen LogP contribution >= 0.6 is 0 Å². The third-order valence-corrected chi connectivity index (χ3v) is 4.59. The summed E-state index contributed by atoms with van der Waals surface area (Å²) in [6, 6.07) is 10.0. The molecule has 3 rings (SSSR count). The van der Waals surface area contributed by atoms with Crippen LogP contribution in [0.5, 0.6) is 0 Å². The standard InChI is InChI=1S/C21H25N2O2/c1-4-6-18-8-10-22(11-9-18)15-21(24)20-13-16(2)23(17(20)3)14-19-7-5-12-25-19/h5,7-13H,4,6,14-15H2,1-3H3/q+1. The van der Waals surface area contributed by atoms with Gasteiger partial charge in [0.1, 0.15) is 5.76 Å². The molecule has 0 aliphatic carbocycles. The molecule has 0 amide bonds. The lowest BCUT2D eigenvalue weighted by Gasteiger charge is -2.07. The molecule has 0 fully saturated rings. The van der Waals surface area contributed by atoms with Crippen LogP contribution in [0.15, 0.2) is 53.4 Å². The molecule has 0 radical (unpaired) electrons. The summed E-state index contributed by atoms with van der Waals surface area (Å²) in [5, 5.41) is 0. The van der Waals surface area contributed by atoms with Crippen LogP contribution in [-0.2, 0) is 19.5 Å². The fraction of sp³-hybridized carbons (Fsp3) is 0.333. The van der Waals surface area contributed by atoms with E-state index in [0.717, 1.165) is 35.6 Å². The summed E-state index contributed by atoms with van der Waals surface area (Å²) in [5.41, 5.74) is 4.15. The Kier molecular flexibility index (Phi) is 5.17. The average molecular weight is 337 g/mol. The molecule has 0 aliphatic rings. The van der Waals surface area contributed by atoms with Gasteiger partial charge in [0.2, 0.25) is 12.3 Å². The highest BCUT2D eigenvalue weighted by Crippen LogP contribution is 2.18. The van der Waals surface area contributed by atoms with Gasteiger partial charge in [-0.15, -0.1) is 0 Å². The van der Waals surface area contributed by atoms with E-state index < -0.39 is 0 Å². The second kappa shape index (κ2) is 7.51. The first-order valence-corrected chi connectivity index (χ1v) is 8.78. The third-order valence-electron chi connectivity index (χ3n) is 4.59. The van der Waals surface area contributed by atoms with E-state index in [4.69, 9.17) is 4.42 Å². The topological polar surface area (TPSA) is 39.0 Å². The Balaban J connectivity index is 1.76. The van der Waals surface area contributed by atoms with Gasteiger partial charge in [0.25, 0.3) is 0 Å². The zero-order valence-electron chi connectivity index (χ0n) is 15.2. The SMILES string of the molecule is CCCc1cc[n+](CC(=O)c2cc(C)n(Cc3ccco3)c2C)cc1. The number of nitrogens with zero attached hydrogens (tertiary/aromatic N) is 2. The summed E-state index contributed by atoms with van der Waals surface area (Å²) >= 11 is 0. The van der Waals surface area contributed by atoms with Gasteiger partial charge in [-0.2, -0.15) is 4.57 Å². The number of aryl methyl sites for hydroxylation is 2. The summed E-state index contributed by atoms with van der Waals surface area (Å²) in [7, 11) is 0. The molecule has 3 aromatic rings. The van der Waals surface area contributed by atoms with Crippen molar-refractivity contribution in [1.29, 1.82) is 0 Å². The lowest BCUT2D eigenvalue weighted by atomic mass is 10.1. The van der Waals surface area contributed by atoms with Crippen LogP contribution in [0.4, 0.5) is 0 Å². The van der Waals surface area contributed by atoms with Crippen LogP contribution in [0.25, 0.3) is 0 Å². The molecular formula is C21H25N2O2+. The quantitative estimate of drug-likeness (QED) is 0.485. The Hall–Kier alpha value is -2.62. The Labute approximate surface area is 148 Å². The number of hydrogen-bond acceptors (Lipinski definition) is 2. The molecule has 0 saturated heterocycles. The van der Waals surface area contributed by atoms with Gasteiger partial charge in [0, 0.05) is 29.1 Å². The van der Waals surface area contributed by atoms with Crippen molar-refractivity contribution in [3.8, 4) is 0 Å². The van der Waals surface area contributed by atoms with Gasteiger partial charge >= 0.3 is 0 Å². The zero-order valence-corrected chi connectivity index (χ0v) is 15.2. The van der Waals surface area contributed by atoms with E-state index in [1.807, 2.05) is 49.0 Å². The lowest BCUT2D eigenvalue weighted by molar-refractivity contribution is -0.683. The van der Waals surface area contributed by atoms with E-state index in [0.29, 0.717) is 13.1 Å². The summed E-state index contributed by atoms with van der Waals surface area (Å²) in [6.07, 6.45) is 7.86. The Morgan fingerprint density at radius 3 is 2.60 bits per heavy atom. The molecule has 4 heteroatoms. The Bertz CT molecular complexity index is 843. The maximum absolute atomic E-state index is 12.8. The number of aromatic nitrogens is 2. The van der Waals surface area contributed by atoms with Crippen molar-refractivity contribution < 1.29 is 13.8 Å². The second-order valence-corrected chi connectivity index (χ2v) is 6.50. The number of carbonyl (C=O) groups excluding carboxylic acids is 1. The van der Waals surface area contributed by atoms with Crippen LogP contribution in [0.3, 0.4) is 0 Å². The smallest absolute Gasteiger partial charge is 0.229 e. The maximum Gasteiger partial charge on any atom is 0.229 e. The number of Topliss-reactive ketones (excluding diaryl/α,β-unsaturated/α-hetero) is 1. The molecule has 130 valence electrons. The van der Waals surface area contributed by atoms with Crippen molar-refractivity contribution in [1.82, 2.24) is 4.57 Å². The van der Waals surface area contributed by atoms with Crippen molar-refractivity contribution in [3.05, 3.63) is 77.3 Å². The molecule has 0 N–H and O–H groups in total. The molecule has 0 atom stereocenters. The van der Waals surface area contributed by atoms with Gasteiger partial charge in [0.15, 0.2) is 12.4 Å². The minimum absolute atomic E-state index is 0.132. The molecule has 3 heterocycles. The van der Waals surface area contributed by atoms with Gasteiger partial charge in [-0.3, -0.25) is 4.79 Å². The summed E-state index contributed by atoms with van der Waals surface area (Å²) in [4.78, 5) is 12.8. The number of rotatable bonds is 7. The van der Waals surface area contributed by atoms with Crippen molar-refractivity contribution >= 4 is 5.78 Å². The lowest BCUT2D eigenvalue weighted by Crippen LogP contribution is -2.37. The first-order chi connectivity index (χ1) is 12.1. The molecule has 0 aliphatic heterocycles. The number of ketones is 1. The van der Waals surface area contributed by atoms with Crippen molar-refractivity contribution in [2.24, 2.45) is 0 Å². The van der Waals surface area contributed by atoms with Crippen LogP contribution < -0.4 is 4.57 Å². The predicted molar refractivity (Wildman–Crippen MR) is 96.7 cm³/mol. The van der Waals surface area contributed by atoms with Crippen LogP contribution in [0.1, 0.15) is 46.4 Å². The predicted octanol–water partition coefficient (Wildman–Crippen LogP) is 3.87. The van der Waals surface area contributed by atoms with Crippen LogP contribution in [-0.4, -0.2) is 10.4 Å². The number of carbonyl (C=O) groups is 1. The van der Waals surface area contributed by atoms with E-state index in [1.54, 1.807) is 6.26 Å². The highest BCUT2D eigenvalue weighted by molar-refractivity contribution is 5.96. The van der Waals surface area contributed by atoms with Crippen molar-refractivity contribution in [3.63, 3.8) is 0 Å². The molecule has 3 aromatic heterocycles. The van der Waals surface area contributed by atoms with E-state index in [2.05, 4.69) is 23.6 Å². The zero-order chi connectivity index (χ0) is 17.8. The second-order valence-electron chi connectivity index (χ2n) is 6.50. The fourth-order valence-corrected chi connectivity index (χ4v) is 3.19. The number of hydrogen-bond donors (Lipinski definition) is 0. The van der Waals surface area contributed by atoms with Crippen LogP contribution in [0, 0.1) is 13.8 Å². The molecule has 4 nitrogen and oxygen atoms in total. The molecular weight excluding hydrogens is 312 g/mol. The summed E-state index contributed by atoms with van der Waals surface area (Å²) < 4.78 is 9.50. The summed E-state index contributed by atoms with van der Waals surface area (Å²) in [6.45, 7) is 7.20. The monoisotopic (exact) mass is 337 g/mol. The number of furan rings is 1. The van der Waals surface area contributed by atoms with E-state index in [-0.39, 0.29) is 5.78 Å². The normalized spacial score (nSPS) is 11.0. The minimum atomic E-state index is 0.132. The Morgan fingerprint density at radius 1 is 1.20 bits per heavy atom. The largest absolute Gasteiger partial charge is 0.467 e. The van der Waals surface area contributed by atoms with E-state index in [1.165, 1.54) is 5.56 Å². The first-order valence-electron chi connectivity index (χ1n) is 8.78. The molecule has 25 heavy (non-hydrogen) atoms. The first kappa shape index (κ1) is 17.2. The van der Waals surface area contributed by atoms with Gasteiger partial charge in [-0.1, -0.05) is 13.3 Å². The maximum atomic E-state index is 12.8. The molecule has 0 saturated carbocycles. The molecule has 0 unspecified atom stereocenters. The minimum Gasteiger partial charge on any atom is -0.467 e. The third kappa shape index (κ3) is 3.90. The van der Waals surface area contributed by atoms with Crippen molar-refractivity contribution in [2.75, 3.05) is 0 Å². The summed E-state index contributed by atoms with van der Waals surface area (Å²) in [5.74, 6) is 1.02. The van der Waals surface area contributed by atoms with Gasteiger partial charge in [-0.05, 0) is 44.0 Å². The average Bonchev–Trinajstić information content (AvgIpc) is 3.20. The highest BCUT2D eigenvalue weighted by atomic mass is 16.3. The Morgan fingerprint density at radius 2 is 1.96 bits per heavy atom. The van der Waals surface area contributed by atoms with Crippen molar-refractivity contribution in [2.45, 2.75) is 46.7 Å². The van der Waals surface area contributed by atoms with E-state index in [9.17, 15) is 4.79 Å². The fourth-order valence-electron chi connectivity index (χ4n) is 3.19. The molecule has 0 spiro atoms. The van der Waals surface area contributed by atoms with Gasteiger partial charge < -0.3 is 8.98 Å². The number of pyridine rings is 1. The van der Waals surface area contributed by atoms with E-state index >= 15 is 0 Å². The molecule has 0 aromatic carbocycles. The van der Waals surface area contributed by atoms with Gasteiger partial charge in [0.05, 0.1) is 12.8 Å².